The van der Waals surface area contributed by atoms with Crippen LogP contribution in [0, 0.1) is 0 Å². The SMILES string of the molecule is CCCCCCCC/C=C/CCCCCCCCCCC1N=CC[N+]1(CC)CCNC(C)=O. The van der Waals surface area contributed by atoms with E-state index in [1.165, 1.54) is 109 Å². The molecule has 0 bridgehead atoms. The van der Waals surface area contributed by atoms with Gasteiger partial charge in [0.1, 0.15) is 6.54 Å². The fraction of sp³-hybridized carbons (Fsp3) is 0.862. The summed E-state index contributed by atoms with van der Waals surface area (Å²) in [5.41, 5.74) is 0. The average molecular weight is 463 g/mol. The second-order valence-electron chi connectivity index (χ2n) is 10.2. The first-order chi connectivity index (χ1) is 16.1. The molecular formula is C29H56N3O+. The maximum absolute atomic E-state index is 11.2. The monoisotopic (exact) mass is 462 g/mol. The molecule has 1 aliphatic rings. The molecule has 1 heterocycles. The second kappa shape index (κ2) is 20.2. The van der Waals surface area contributed by atoms with Crippen LogP contribution in [0.15, 0.2) is 17.1 Å². The first kappa shape index (κ1) is 29.9. The lowest BCUT2D eigenvalue weighted by atomic mass is 10.0. The first-order valence-electron chi connectivity index (χ1n) is 14.4. The van der Waals surface area contributed by atoms with Crippen molar-refractivity contribution in [2.45, 2.75) is 136 Å². The Morgan fingerprint density at radius 2 is 1.42 bits per heavy atom. The molecule has 1 rings (SSSR count). The topological polar surface area (TPSA) is 41.5 Å². The Hall–Kier alpha value is -1.16. The van der Waals surface area contributed by atoms with Gasteiger partial charge in [-0.1, -0.05) is 89.7 Å². The molecule has 192 valence electrons. The van der Waals surface area contributed by atoms with Gasteiger partial charge in [0.05, 0.1) is 25.8 Å². The molecule has 0 spiro atoms. The van der Waals surface area contributed by atoms with Gasteiger partial charge in [-0.3, -0.25) is 9.28 Å². The number of nitrogens with zero attached hydrogens (tertiary/aromatic N) is 2. The van der Waals surface area contributed by atoms with Crippen molar-refractivity contribution in [1.29, 1.82) is 0 Å². The zero-order valence-corrected chi connectivity index (χ0v) is 22.5. The van der Waals surface area contributed by atoms with Gasteiger partial charge in [0.15, 0.2) is 6.17 Å². The maximum atomic E-state index is 11.2. The first-order valence-corrected chi connectivity index (χ1v) is 14.4. The van der Waals surface area contributed by atoms with Crippen LogP contribution < -0.4 is 5.32 Å². The summed E-state index contributed by atoms with van der Waals surface area (Å²) < 4.78 is 1.02. The highest BCUT2D eigenvalue weighted by Gasteiger charge is 2.37. The smallest absolute Gasteiger partial charge is 0.217 e. The molecule has 0 fully saturated rings. The third-order valence-electron chi connectivity index (χ3n) is 7.39. The normalized spacial score (nSPS) is 20.2. The van der Waals surface area contributed by atoms with Gasteiger partial charge in [-0.25, -0.2) is 4.99 Å². The van der Waals surface area contributed by atoms with Crippen LogP contribution in [0.5, 0.6) is 0 Å². The van der Waals surface area contributed by atoms with Gasteiger partial charge in [0.25, 0.3) is 0 Å². The molecule has 1 N–H and O–H groups in total. The fourth-order valence-electron chi connectivity index (χ4n) is 5.06. The zero-order valence-electron chi connectivity index (χ0n) is 22.5. The highest BCUT2D eigenvalue weighted by molar-refractivity contribution is 5.72. The minimum Gasteiger partial charge on any atom is -0.351 e. The van der Waals surface area contributed by atoms with Crippen LogP contribution >= 0.6 is 0 Å². The summed E-state index contributed by atoms with van der Waals surface area (Å²) in [6.45, 7) is 10.0. The molecule has 0 aromatic rings. The summed E-state index contributed by atoms with van der Waals surface area (Å²) in [5.74, 6) is 0.0703. The molecule has 0 aliphatic carbocycles. The molecule has 4 nitrogen and oxygen atoms in total. The van der Waals surface area contributed by atoms with E-state index in [9.17, 15) is 4.79 Å². The molecule has 0 aromatic carbocycles. The Morgan fingerprint density at radius 1 is 0.879 bits per heavy atom. The molecule has 4 heteroatoms. The average Bonchev–Trinajstić information content (AvgIpc) is 3.21. The predicted molar refractivity (Wildman–Crippen MR) is 145 cm³/mol. The largest absolute Gasteiger partial charge is 0.351 e. The van der Waals surface area contributed by atoms with E-state index in [1.807, 2.05) is 0 Å². The zero-order chi connectivity index (χ0) is 24.0. The van der Waals surface area contributed by atoms with E-state index in [2.05, 4.69) is 37.5 Å². The number of hydrogen-bond acceptors (Lipinski definition) is 2. The maximum Gasteiger partial charge on any atom is 0.217 e. The Labute approximate surface area is 206 Å². The van der Waals surface area contributed by atoms with E-state index in [4.69, 9.17) is 4.99 Å². The summed E-state index contributed by atoms with van der Waals surface area (Å²) in [5, 5.41) is 2.97. The van der Waals surface area contributed by atoms with Crippen LogP contribution in [0.25, 0.3) is 0 Å². The number of rotatable bonds is 22. The number of carbonyl (C=O) groups excluding carboxylic acids is 1. The van der Waals surface area contributed by atoms with Crippen molar-refractivity contribution in [3.8, 4) is 0 Å². The van der Waals surface area contributed by atoms with Crippen molar-refractivity contribution >= 4 is 12.1 Å². The fourth-order valence-corrected chi connectivity index (χ4v) is 5.06. The number of nitrogens with one attached hydrogen (secondary N) is 1. The number of aliphatic imine (C=N–C) groups is 1. The van der Waals surface area contributed by atoms with Crippen LogP contribution in [0.4, 0.5) is 0 Å². The van der Waals surface area contributed by atoms with Crippen LogP contribution in [-0.4, -0.2) is 48.9 Å². The van der Waals surface area contributed by atoms with Crippen LogP contribution in [0.3, 0.4) is 0 Å². The van der Waals surface area contributed by atoms with Gasteiger partial charge in [-0.15, -0.1) is 0 Å². The van der Waals surface area contributed by atoms with Crippen LogP contribution in [0.2, 0.25) is 0 Å². The van der Waals surface area contributed by atoms with E-state index >= 15 is 0 Å². The van der Waals surface area contributed by atoms with Crippen molar-refractivity contribution in [3.05, 3.63) is 12.2 Å². The number of carbonyl (C=O) groups is 1. The lowest BCUT2D eigenvalue weighted by Crippen LogP contribution is -2.55. The number of hydrogen-bond donors (Lipinski definition) is 1. The number of unbranched alkanes of at least 4 members (excludes halogenated alkanes) is 14. The third-order valence-corrected chi connectivity index (χ3v) is 7.39. The molecule has 0 saturated heterocycles. The summed E-state index contributed by atoms with van der Waals surface area (Å²) >= 11 is 0. The van der Waals surface area contributed by atoms with Crippen LogP contribution in [-0.2, 0) is 4.79 Å². The van der Waals surface area contributed by atoms with Gasteiger partial charge >= 0.3 is 0 Å². The van der Waals surface area contributed by atoms with E-state index in [-0.39, 0.29) is 5.91 Å². The highest BCUT2D eigenvalue weighted by atomic mass is 16.1. The van der Waals surface area contributed by atoms with E-state index in [0.29, 0.717) is 6.17 Å². The predicted octanol–water partition coefficient (Wildman–Crippen LogP) is 7.58. The van der Waals surface area contributed by atoms with Crippen molar-refractivity contribution in [2.75, 3.05) is 26.2 Å². The minimum absolute atomic E-state index is 0.0703. The minimum atomic E-state index is 0.0703. The van der Waals surface area contributed by atoms with Gasteiger partial charge < -0.3 is 5.32 Å². The molecule has 0 saturated carbocycles. The number of quaternary nitrogens is 1. The Kier molecular flexibility index (Phi) is 18.3. The molecule has 33 heavy (non-hydrogen) atoms. The van der Waals surface area contributed by atoms with Crippen molar-refractivity contribution in [3.63, 3.8) is 0 Å². The molecule has 2 unspecified atom stereocenters. The molecule has 1 amide bonds. The van der Waals surface area contributed by atoms with Crippen LogP contribution in [0.1, 0.15) is 130 Å². The number of amides is 1. The standard InChI is InChI=1S/C29H55N3O/c1-4-6-7-8-9-10-11-12-13-14-15-16-17-18-19-20-21-22-23-29-31-25-27-32(29,5-2)26-24-30-28(3)33/h12-13,25,29H,4-11,14-24,26-27H2,1-3H3/p+1/b13-12+. The molecule has 1 aliphatic heterocycles. The quantitative estimate of drug-likeness (QED) is 0.101. The Morgan fingerprint density at radius 3 is 1.97 bits per heavy atom. The molecule has 0 radical (unpaired) electrons. The summed E-state index contributed by atoms with van der Waals surface area (Å²) in [6.07, 6.45) is 30.4. The van der Waals surface area contributed by atoms with Crippen molar-refractivity contribution in [2.24, 2.45) is 4.99 Å². The molecule has 2 atom stereocenters. The number of likely N-dealkylation sites (N-methyl/N-ethyl adjacent to an activating group) is 1. The van der Waals surface area contributed by atoms with Crippen molar-refractivity contribution < 1.29 is 9.28 Å². The van der Waals surface area contributed by atoms with Gasteiger partial charge in [-0.2, -0.15) is 0 Å². The second-order valence-corrected chi connectivity index (χ2v) is 10.2. The van der Waals surface area contributed by atoms with Crippen molar-refractivity contribution in [1.82, 2.24) is 5.32 Å². The van der Waals surface area contributed by atoms with Gasteiger partial charge in [0.2, 0.25) is 5.91 Å². The Bertz CT molecular complexity index is 531. The highest BCUT2D eigenvalue weighted by Crippen LogP contribution is 2.24. The summed E-state index contributed by atoms with van der Waals surface area (Å²) in [4.78, 5) is 16.0. The third kappa shape index (κ3) is 14.7. The van der Waals surface area contributed by atoms with Gasteiger partial charge in [0, 0.05) is 13.3 Å². The lowest BCUT2D eigenvalue weighted by molar-refractivity contribution is -0.935. The van der Waals surface area contributed by atoms with E-state index in [0.717, 1.165) is 30.7 Å². The molecule has 0 aromatic heterocycles. The summed E-state index contributed by atoms with van der Waals surface area (Å²) in [7, 11) is 0. The molecular weight excluding hydrogens is 406 g/mol. The van der Waals surface area contributed by atoms with E-state index in [1.54, 1.807) is 6.92 Å². The van der Waals surface area contributed by atoms with E-state index < -0.39 is 0 Å². The number of allylic oxidation sites excluding steroid dienone is 2. The lowest BCUT2D eigenvalue weighted by Gasteiger charge is -2.38. The van der Waals surface area contributed by atoms with Gasteiger partial charge in [-0.05, 0) is 39.0 Å². The Balaban J connectivity index is 1.93. The summed E-state index contributed by atoms with van der Waals surface area (Å²) in [6, 6.07) is 0.